The van der Waals surface area contributed by atoms with Gasteiger partial charge >= 0.3 is 5.97 Å². The van der Waals surface area contributed by atoms with Crippen LogP contribution < -0.4 is 4.90 Å². The van der Waals surface area contributed by atoms with Crippen molar-refractivity contribution in [2.24, 2.45) is 0 Å². The van der Waals surface area contributed by atoms with E-state index in [9.17, 15) is 9.90 Å². The van der Waals surface area contributed by atoms with Crippen molar-refractivity contribution in [2.75, 3.05) is 32.1 Å². The standard InChI is InChI=1S/C14H23N3O2S/c1-9(2)11-12(13(18)19)20-14(15-11)17-7-5-6-10(8-17)16(3)4/h9-10H,5-8H2,1-4H3,(H,18,19). The van der Waals surface area contributed by atoms with Crippen LogP contribution in [0, 0.1) is 0 Å². The van der Waals surface area contributed by atoms with Gasteiger partial charge in [0, 0.05) is 19.1 Å². The third kappa shape index (κ3) is 3.12. The molecule has 1 aliphatic rings. The largest absolute Gasteiger partial charge is 0.477 e. The Morgan fingerprint density at radius 2 is 2.20 bits per heavy atom. The van der Waals surface area contributed by atoms with Crippen molar-refractivity contribution in [2.45, 2.75) is 38.6 Å². The summed E-state index contributed by atoms with van der Waals surface area (Å²) in [6, 6.07) is 0.517. The number of rotatable bonds is 4. The maximum atomic E-state index is 11.3. The molecule has 1 saturated heterocycles. The van der Waals surface area contributed by atoms with Crippen LogP contribution in [-0.4, -0.2) is 54.2 Å². The number of hydrogen-bond acceptors (Lipinski definition) is 5. The molecule has 20 heavy (non-hydrogen) atoms. The first-order valence-corrected chi connectivity index (χ1v) is 7.87. The predicted molar refractivity (Wildman–Crippen MR) is 82.1 cm³/mol. The predicted octanol–water partition coefficient (Wildman–Crippen LogP) is 2.50. The Labute approximate surface area is 124 Å². The molecule has 0 radical (unpaired) electrons. The molecule has 0 saturated carbocycles. The molecule has 1 aliphatic heterocycles. The highest BCUT2D eigenvalue weighted by molar-refractivity contribution is 7.17. The van der Waals surface area contributed by atoms with Gasteiger partial charge in [-0.05, 0) is 32.9 Å². The maximum absolute atomic E-state index is 11.3. The summed E-state index contributed by atoms with van der Waals surface area (Å²) in [5.74, 6) is -0.723. The molecule has 0 spiro atoms. The number of nitrogens with zero attached hydrogens (tertiary/aromatic N) is 3. The minimum absolute atomic E-state index is 0.139. The molecular weight excluding hydrogens is 274 g/mol. The fourth-order valence-corrected chi connectivity index (χ4v) is 3.64. The summed E-state index contributed by atoms with van der Waals surface area (Å²) in [5, 5.41) is 10.2. The molecule has 1 aromatic rings. The molecule has 2 heterocycles. The number of likely N-dealkylation sites (N-methyl/N-ethyl adjacent to an activating group) is 1. The molecule has 1 unspecified atom stereocenters. The Kier molecular flexibility index (Phi) is 4.65. The Morgan fingerprint density at radius 3 is 2.70 bits per heavy atom. The van der Waals surface area contributed by atoms with Crippen molar-refractivity contribution < 1.29 is 9.90 Å². The van der Waals surface area contributed by atoms with Crippen molar-refractivity contribution in [3.63, 3.8) is 0 Å². The first kappa shape index (κ1) is 15.3. The van der Waals surface area contributed by atoms with E-state index in [0.717, 1.165) is 24.6 Å². The van der Waals surface area contributed by atoms with Gasteiger partial charge in [-0.2, -0.15) is 0 Å². The van der Waals surface area contributed by atoms with Crippen molar-refractivity contribution >= 4 is 22.4 Å². The van der Waals surface area contributed by atoms with Gasteiger partial charge in [-0.3, -0.25) is 0 Å². The third-order valence-corrected chi connectivity index (χ3v) is 4.90. The van der Waals surface area contributed by atoms with E-state index in [1.54, 1.807) is 0 Å². The van der Waals surface area contributed by atoms with Crippen LogP contribution in [0.25, 0.3) is 0 Å². The van der Waals surface area contributed by atoms with Gasteiger partial charge in [-0.25, -0.2) is 9.78 Å². The second-order valence-electron chi connectivity index (χ2n) is 5.88. The third-order valence-electron chi connectivity index (χ3n) is 3.78. The van der Waals surface area contributed by atoms with E-state index in [1.165, 1.54) is 17.8 Å². The number of anilines is 1. The van der Waals surface area contributed by atoms with E-state index in [1.807, 2.05) is 13.8 Å². The van der Waals surface area contributed by atoms with Crippen LogP contribution in [0.4, 0.5) is 5.13 Å². The minimum atomic E-state index is -0.862. The summed E-state index contributed by atoms with van der Waals surface area (Å²) in [6.45, 7) is 5.87. The van der Waals surface area contributed by atoms with Gasteiger partial charge in [-0.15, -0.1) is 0 Å². The summed E-state index contributed by atoms with van der Waals surface area (Å²) in [4.78, 5) is 20.8. The second kappa shape index (κ2) is 6.10. The van der Waals surface area contributed by atoms with Crippen molar-refractivity contribution in [1.29, 1.82) is 0 Å². The maximum Gasteiger partial charge on any atom is 0.347 e. The van der Waals surface area contributed by atoms with E-state index in [4.69, 9.17) is 0 Å². The molecule has 1 aromatic heterocycles. The lowest BCUT2D eigenvalue weighted by atomic mass is 10.1. The van der Waals surface area contributed by atoms with Gasteiger partial charge in [-0.1, -0.05) is 25.2 Å². The van der Waals surface area contributed by atoms with E-state index in [2.05, 4.69) is 28.9 Å². The molecule has 5 nitrogen and oxygen atoms in total. The smallest absolute Gasteiger partial charge is 0.347 e. The number of aromatic nitrogens is 1. The molecule has 0 amide bonds. The van der Waals surface area contributed by atoms with Gasteiger partial charge in [0.25, 0.3) is 0 Å². The van der Waals surface area contributed by atoms with Crippen molar-refractivity contribution in [1.82, 2.24) is 9.88 Å². The Bertz CT molecular complexity index is 485. The van der Waals surface area contributed by atoms with E-state index in [0.29, 0.717) is 16.6 Å². The quantitative estimate of drug-likeness (QED) is 0.925. The zero-order valence-corrected chi connectivity index (χ0v) is 13.4. The summed E-state index contributed by atoms with van der Waals surface area (Å²) in [7, 11) is 4.19. The Balaban J connectivity index is 2.24. The monoisotopic (exact) mass is 297 g/mol. The average Bonchev–Trinajstić information content (AvgIpc) is 2.84. The van der Waals surface area contributed by atoms with Crippen LogP contribution in [0.1, 0.15) is 48.0 Å². The van der Waals surface area contributed by atoms with Crippen LogP contribution in [0.3, 0.4) is 0 Å². The van der Waals surface area contributed by atoms with Crippen molar-refractivity contribution in [3.05, 3.63) is 10.6 Å². The first-order valence-electron chi connectivity index (χ1n) is 7.05. The highest BCUT2D eigenvalue weighted by Gasteiger charge is 2.26. The molecule has 1 atom stereocenters. The Hall–Kier alpha value is -1.14. The molecule has 0 bridgehead atoms. The summed E-state index contributed by atoms with van der Waals surface area (Å²) >= 11 is 1.31. The lowest BCUT2D eigenvalue weighted by Gasteiger charge is -2.35. The molecule has 0 aliphatic carbocycles. The average molecular weight is 297 g/mol. The molecule has 6 heteroatoms. The van der Waals surface area contributed by atoms with Crippen LogP contribution in [0.5, 0.6) is 0 Å². The van der Waals surface area contributed by atoms with Crippen molar-refractivity contribution in [3.8, 4) is 0 Å². The van der Waals surface area contributed by atoms with Gasteiger partial charge in [0.2, 0.25) is 0 Å². The SMILES string of the molecule is CC(C)c1nc(N2CCCC(N(C)C)C2)sc1C(=O)O. The zero-order valence-electron chi connectivity index (χ0n) is 12.6. The van der Waals surface area contributed by atoms with E-state index in [-0.39, 0.29) is 5.92 Å². The van der Waals surface area contributed by atoms with Gasteiger partial charge in [0.05, 0.1) is 5.69 Å². The fourth-order valence-electron chi connectivity index (χ4n) is 2.55. The summed E-state index contributed by atoms with van der Waals surface area (Å²) in [5.41, 5.74) is 0.712. The molecule has 0 aromatic carbocycles. The van der Waals surface area contributed by atoms with Crippen LogP contribution in [-0.2, 0) is 0 Å². The van der Waals surface area contributed by atoms with E-state index < -0.39 is 5.97 Å². The number of carboxylic acid groups (broad SMARTS) is 1. The lowest BCUT2D eigenvalue weighted by Crippen LogP contribution is -2.45. The topological polar surface area (TPSA) is 56.7 Å². The Morgan fingerprint density at radius 1 is 1.50 bits per heavy atom. The fraction of sp³-hybridized carbons (Fsp3) is 0.714. The van der Waals surface area contributed by atoms with Gasteiger partial charge < -0.3 is 14.9 Å². The number of hydrogen-bond donors (Lipinski definition) is 1. The van der Waals surface area contributed by atoms with Crippen LogP contribution >= 0.6 is 11.3 Å². The summed E-state index contributed by atoms with van der Waals surface area (Å²) < 4.78 is 0. The molecule has 112 valence electrons. The number of thiazole rings is 1. The number of aromatic carboxylic acids is 1. The van der Waals surface area contributed by atoms with Crippen LogP contribution in [0.2, 0.25) is 0 Å². The number of carbonyl (C=O) groups is 1. The highest BCUT2D eigenvalue weighted by atomic mass is 32.1. The number of carboxylic acids is 1. The zero-order chi connectivity index (χ0) is 14.9. The first-order chi connectivity index (χ1) is 9.40. The molecule has 2 rings (SSSR count). The molecule has 1 fully saturated rings. The minimum Gasteiger partial charge on any atom is -0.477 e. The highest BCUT2D eigenvalue weighted by Crippen LogP contribution is 2.32. The van der Waals surface area contributed by atoms with Gasteiger partial charge in [0.1, 0.15) is 4.88 Å². The number of piperidine rings is 1. The van der Waals surface area contributed by atoms with E-state index >= 15 is 0 Å². The van der Waals surface area contributed by atoms with Crippen LogP contribution in [0.15, 0.2) is 0 Å². The second-order valence-corrected chi connectivity index (χ2v) is 6.85. The normalized spacial score (nSPS) is 19.9. The lowest BCUT2D eigenvalue weighted by molar-refractivity contribution is 0.0700. The molecular formula is C14H23N3O2S. The van der Waals surface area contributed by atoms with Gasteiger partial charge in [0.15, 0.2) is 5.13 Å². The summed E-state index contributed by atoms with van der Waals surface area (Å²) in [6.07, 6.45) is 2.32. The molecule has 1 N–H and O–H groups in total.